The van der Waals surface area contributed by atoms with E-state index in [1.165, 1.54) is 0 Å². The van der Waals surface area contributed by atoms with Crippen LogP contribution in [0.2, 0.25) is 5.02 Å². The zero-order valence-electron chi connectivity index (χ0n) is 11.8. The lowest BCUT2D eigenvalue weighted by molar-refractivity contribution is 0.218. The molecule has 4 nitrogen and oxygen atoms in total. The molecule has 2 heterocycles. The number of thioether (sulfide) groups is 1. The van der Waals surface area contributed by atoms with E-state index in [4.69, 9.17) is 11.6 Å². The first-order chi connectivity index (χ1) is 9.72. The minimum Gasteiger partial charge on any atom is -0.347 e. The van der Waals surface area contributed by atoms with Crippen LogP contribution in [0.4, 0.5) is 0 Å². The summed E-state index contributed by atoms with van der Waals surface area (Å²) in [6, 6.07) is 7.78. The van der Waals surface area contributed by atoms with Crippen molar-refractivity contribution in [3.8, 4) is 0 Å². The number of benzene rings is 1. The van der Waals surface area contributed by atoms with E-state index in [-0.39, 0.29) is 17.0 Å². The normalized spacial score (nSPS) is 19.6. The van der Waals surface area contributed by atoms with E-state index >= 15 is 0 Å². The SMILES string of the molecule is Br.CN1CCN(C2=NN=C(c3ccc(Cl)cc3)CS2)CC1. The Bertz CT molecular complexity index is 538. The van der Waals surface area contributed by atoms with Gasteiger partial charge < -0.3 is 9.80 Å². The van der Waals surface area contributed by atoms with Gasteiger partial charge in [0.2, 0.25) is 0 Å². The number of nitrogens with zero attached hydrogens (tertiary/aromatic N) is 4. The number of halogens is 2. The molecule has 0 saturated carbocycles. The molecule has 0 radical (unpaired) electrons. The van der Waals surface area contributed by atoms with Gasteiger partial charge in [0, 0.05) is 37.0 Å². The monoisotopic (exact) mass is 388 g/mol. The highest BCUT2D eigenvalue weighted by molar-refractivity contribution is 8.93. The minimum atomic E-state index is 0. The predicted molar refractivity (Wildman–Crippen MR) is 97.3 cm³/mol. The number of amidine groups is 1. The first-order valence-corrected chi connectivity index (χ1v) is 8.05. The molecule has 0 N–H and O–H groups in total. The molecule has 0 spiro atoms. The van der Waals surface area contributed by atoms with Crippen molar-refractivity contribution in [2.45, 2.75) is 0 Å². The second-order valence-electron chi connectivity index (χ2n) is 5.02. The van der Waals surface area contributed by atoms with Gasteiger partial charge in [0.15, 0.2) is 5.17 Å². The summed E-state index contributed by atoms with van der Waals surface area (Å²) >= 11 is 7.68. The lowest BCUT2D eigenvalue weighted by Gasteiger charge is -2.34. The molecule has 0 aliphatic carbocycles. The summed E-state index contributed by atoms with van der Waals surface area (Å²) in [5.41, 5.74) is 2.12. The number of hydrogen-bond acceptors (Lipinski definition) is 5. The summed E-state index contributed by atoms with van der Waals surface area (Å²) in [5, 5.41) is 10.6. The van der Waals surface area contributed by atoms with Crippen molar-refractivity contribution in [3.63, 3.8) is 0 Å². The summed E-state index contributed by atoms with van der Waals surface area (Å²) < 4.78 is 0. The lowest BCUT2D eigenvalue weighted by Crippen LogP contribution is -2.46. The van der Waals surface area contributed by atoms with Gasteiger partial charge in [-0.1, -0.05) is 35.5 Å². The van der Waals surface area contributed by atoms with Crippen LogP contribution in [-0.2, 0) is 0 Å². The number of piperazine rings is 1. The van der Waals surface area contributed by atoms with E-state index in [9.17, 15) is 0 Å². The Morgan fingerprint density at radius 3 is 2.29 bits per heavy atom. The third-order valence-corrected chi connectivity index (χ3v) is 4.81. The Kier molecular flexibility index (Phi) is 6.10. The summed E-state index contributed by atoms with van der Waals surface area (Å²) in [5.74, 6) is 0.868. The van der Waals surface area contributed by atoms with Gasteiger partial charge in [0.25, 0.3) is 0 Å². The zero-order valence-corrected chi connectivity index (χ0v) is 15.1. The zero-order chi connectivity index (χ0) is 13.9. The quantitative estimate of drug-likeness (QED) is 0.740. The maximum absolute atomic E-state index is 5.90. The second-order valence-corrected chi connectivity index (χ2v) is 6.39. The van der Waals surface area contributed by atoms with Crippen molar-refractivity contribution in [2.24, 2.45) is 10.2 Å². The first-order valence-electron chi connectivity index (χ1n) is 6.69. The molecule has 2 aliphatic heterocycles. The van der Waals surface area contributed by atoms with Crippen LogP contribution in [-0.4, -0.2) is 59.7 Å². The smallest absolute Gasteiger partial charge is 0.186 e. The van der Waals surface area contributed by atoms with Crippen molar-refractivity contribution >= 4 is 51.2 Å². The molecule has 3 rings (SSSR count). The highest BCUT2D eigenvalue weighted by Gasteiger charge is 2.21. The van der Waals surface area contributed by atoms with Crippen molar-refractivity contribution in [3.05, 3.63) is 34.9 Å². The Morgan fingerprint density at radius 2 is 1.71 bits per heavy atom. The molecule has 1 aromatic rings. The summed E-state index contributed by atoms with van der Waals surface area (Å²) in [6.07, 6.45) is 0. The van der Waals surface area contributed by atoms with Crippen LogP contribution >= 0.6 is 40.3 Å². The topological polar surface area (TPSA) is 31.2 Å². The molecule has 2 aliphatic rings. The van der Waals surface area contributed by atoms with Gasteiger partial charge in [-0.05, 0) is 24.7 Å². The molecule has 0 amide bonds. The molecule has 1 aromatic carbocycles. The van der Waals surface area contributed by atoms with E-state index in [2.05, 4.69) is 27.1 Å². The second kappa shape index (κ2) is 7.63. The molecule has 0 aromatic heterocycles. The average molecular weight is 390 g/mol. The van der Waals surface area contributed by atoms with Gasteiger partial charge in [-0.15, -0.1) is 22.1 Å². The largest absolute Gasteiger partial charge is 0.347 e. The van der Waals surface area contributed by atoms with Crippen molar-refractivity contribution < 1.29 is 0 Å². The molecule has 1 saturated heterocycles. The number of likely N-dealkylation sites (N-methyl/N-ethyl adjacent to an activating group) is 1. The molecule has 7 heteroatoms. The van der Waals surface area contributed by atoms with E-state index in [0.29, 0.717) is 0 Å². The summed E-state index contributed by atoms with van der Waals surface area (Å²) in [7, 11) is 2.16. The van der Waals surface area contributed by atoms with Gasteiger partial charge >= 0.3 is 0 Å². The standard InChI is InChI=1S/C14H17ClN4S.BrH/c1-18-6-8-19(9-7-18)14-17-16-13(10-20-14)11-2-4-12(15)5-3-11;/h2-5H,6-10H2,1H3;1H. The highest BCUT2D eigenvalue weighted by Crippen LogP contribution is 2.20. The Hall–Kier alpha value is -0.560. The van der Waals surface area contributed by atoms with Crippen LogP contribution in [0.3, 0.4) is 0 Å². The maximum Gasteiger partial charge on any atom is 0.186 e. The van der Waals surface area contributed by atoms with Gasteiger partial charge in [0.1, 0.15) is 0 Å². The van der Waals surface area contributed by atoms with E-state index < -0.39 is 0 Å². The van der Waals surface area contributed by atoms with Gasteiger partial charge in [-0.3, -0.25) is 0 Å². The summed E-state index contributed by atoms with van der Waals surface area (Å²) in [4.78, 5) is 4.67. The van der Waals surface area contributed by atoms with Gasteiger partial charge in [-0.2, -0.15) is 5.10 Å². The van der Waals surface area contributed by atoms with Crippen LogP contribution in [0.1, 0.15) is 5.56 Å². The number of rotatable bonds is 1. The molecule has 21 heavy (non-hydrogen) atoms. The molecule has 0 atom stereocenters. The maximum atomic E-state index is 5.90. The van der Waals surface area contributed by atoms with Gasteiger partial charge in [-0.25, -0.2) is 0 Å². The van der Waals surface area contributed by atoms with Crippen LogP contribution in [0.15, 0.2) is 34.5 Å². The molecular weight excluding hydrogens is 372 g/mol. The third-order valence-electron chi connectivity index (χ3n) is 3.55. The fourth-order valence-corrected chi connectivity index (χ4v) is 3.31. The third kappa shape index (κ3) is 4.22. The fourth-order valence-electron chi connectivity index (χ4n) is 2.23. The number of hydrogen-bond donors (Lipinski definition) is 0. The average Bonchev–Trinajstić information content (AvgIpc) is 2.49. The molecule has 114 valence electrons. The van der Waals surface area contributed by atoms with Crippen LogP contribution < -0.4 is 0 Å². The van der Waals surface area contributed by atoms with Crippen molar-refractivity contribution in [1.82, 2.24) is 9.80 Å². The van der Waals surface area contributed by atoms with Crippen LogP contribution in [0.25, 0.3) is 0 Å². The Morgan fingerprint density at radius 1 is 1.05 bits per heavy atom. The highest BCUT2D eigenvalue weighted by atomic mass is 79.9. The minimum absolute atomic E-state index is 0. The van der Waals surface area contributed by atoms with Crippen LogP contribution in [0, 0.1) is 0 Å². The molecule has 1 fully saturated rings. The van der Waals surface area contributed by atoms with E-state index in [0.717, 1.165) is 53.4 Å². The molecule has 0 unspecified atom stereocenters. The van der Waals surface area contributed by atoms with Crippen molar-refractivity contribution in [1.29, 1.82) is 0 Å². The lowest BCUT2D eigenvalue weighted by atomic mass is 10.1. The Labute approximate surface area is 145 Å². The van der Waals surface area contributed by atoms with E-state index in [1.807, 2.05) is 24.3 Å². The Balaban J connectivity index is 0.00000161. The predicted octanol–water partition coefficient (Wildman–Crippen LogP) is 2.97. The van der Waals surface area contributed by atoms with E-state index in [1.54, 1.807) is 11.8 Å². The van der Waals surface area contributed by atoms with Crippen LogP contribution in [0.5, 0.6) is 0 Å². The fraction of sp³-hybridized carbons (Fsp3) is 0.429. The first kappa shape index (κ1) is 16.8. The molecular formula is C14H18BrClN4S. The molecule has 0 bridgehead atoms. The van der Waals surface area contributed by atoms with Crippen molar-refractivity contribution in [2.75, 3.05) is 39.0 Å². The van der Waals surface area contributed by atoms with Gasteiger partial charge in [0.05, 0.1) is 5.71 Å². The summed E-state index contributed by atoms with van der Waals surface area (Å²) in [6.45, 7) is 4.25.